The van der Waals surface area contributed by atoms with Crippen molar-refractivity contribution in [1.82, 2.24) is 4.90 Å². The van der Waals surface area contributed by atoms with Crippen LogP contribution in [0.3, 0.4) is 0 Å². The van der Waals surface area contributed by atoms with Crippen LogP contribution in [0.5, 0.6) is 0 Å². The molecular formula is C14H21IN2O. The summed E-state index contributed by atoms with van der Waals surface area (Å²) < 4.78 is 1.12. The van der Waals surface area contributed by atoms with E-state index < -0.39 is 0 Å². The van der Waals surface area contributed by atoms with Crippen molar-refractivity contribution in [3.63, 3.8) is 0 Å². The van der Waals surface area contributed by atoms with E-state index in [9.17, 15) is 4.79 Å². The zero-order valence-corrected chi connectivity index (χ0v) is 13.6. The first kappa shape index (κ1) is 15.4. The predicted molar refractivity (Wildman–Crippen MR) is 83.7 cm³/mol. The highest BCUT2D eigenvalue weighted by Crippen LogP contribution is 2.19. The molecule has 0 spiro atoms. The Bertz CT molecular complexity index is 443. The van der Waals surface area contributed by atoms with E-state index in [4.69, 9.17) is 5.73 Å². The van der Waals surface area contributed by atoms with Gasteiger partial charge < -0.3 is 10.6 Å². The second kappa shape index (κ2) is 6.02. The molecule has 4 heteroatoms. The maximum atomic E-state index is 12.4. The molecule has 0 aromatic heterocycles. The van der Waals surface area contributed by atoms with E-state index in [1.807, 2.05) is 32.2 Å². The minimum absolute atomic E-state index is 0.0553. The van der Waals surface area contributed by atoms with Crippen molar-refractivity contribution in [2.75, 3.05) is 20.1 Å². The Morgan fingerprint density at radius 3 is 2.61 bits per heavy atom. The minimum atomic E-state index is -0.0553. The Morgan fingerprint density at radius 2 is 2.06 bits per heavy atom. The van der Waals surface area contributed by atoms with Gasteiger partial charge in [-0.05, 0) is 59.2 Å². The number of benzene rings is 1. The van der Waals surface area contributed by atoms with Gasteiger partial charge >= 0.3 is 0 Å². The highest BCUT2D eigenvalue weighted by atomic mass is 127. The molecule has 0 aliphatic carbocycles. The van der Waals surface area contributed by atoms with Gasteiger partial charge in [-0.25, -0.2) is 0 Å². The number of carbonyl (C=O) groups excluding carboxylic acids is 1. The van der Waals surface area contributed by atoms with Crippen molar-refractivity contribution in [2.45, 2.75) is 20.8 Å². The Morgan fingerprint density at radius 1 is 1.44 bits per heavy atom. The standard InChI is InChI=1S/C14H21IN2O/c1-10-11(6-5-7-12(10)15)13(18)17(4)9-14(2,3)8-16/h5-7H,8-9,16H2,1-4H3. The van der Waals surface area contributed by atoms with Gasteiger partial charge in [0.1, 0.15) is 0 Å². The summed E-state index contributed by atoms with van der Waals surface area (Å²) in [5, 5.41) is 0. The summed E-state index contributed by atoms with van der Waals surface area (Å²) >= 11 is 2.25. The lowest BCUT2D eigenvalue weighted by molar-refractivity contribution is 0.0740. The first-order chi connectivity index (χ1) is 8.28. The molecule has 0 saturated carbocycles. The van der Waals surface area contributed by atoms with Gasteiger partial charge in [0.2, 0.25) is 0 Å². The quantitative estimate of drug-likeness (QED) is 0.840. The smallest absolute Gasteiger partial charge is 0.253 e. The third kappa shape index (κ3) is 3.68. The van der Waals surface area contributed by atoms with Crippen molar-refractivity contribution in [1.29, 1.82) is 0 Å². The fourth-order valence-corrected chi connectivity index (χ4v) is 2.32. The number of halogens is 1. The van der Waals surface area contributed by atoms with Gasteiger partial charge in [-0.2, -0.15) is 0 Å². The lowest BCUT2D eigenvalue weighted by Crippen LogP contribution is -2.40. The van der Waals surface area contributed by atoms with Crippen LogP contribution >= 0.6 is 22.6 Å². The molecule has 0 unspecified atom stereocenters. The van der Waals surface area contributed by atoms with Crippen LogP contribution in [0.2, 0.25) is 0 Å². The van der Waals surface area contributed by atoms with Gasteiger partial charge in [-0.15, -0.1) is 0 Å². The number of rotatable bonds is 4. The lowest BCUT2D eigenvalue weighted by atomic mass is 9.93. The van der Waals surface area contributed by atoms with Gasteiger partial charge in [-0.1, -0.05) is 19.9 Å². The van der Waals surface area contributed by atoms with E-state index in [-0.39, 0.29) is 11.3 Å². The normalized spacial score (nSPS) is 11.4. The van der Waals surface area contributed by atoms with Crippen LogP contribution < -0.4 is 5.73 Å². The first-order valence-corrected chi connectivity index (χ1v) is 7.07. The van der Waals surface area contributed by atoms with Crippen molar-refractivity contribution in [3.05, 3.63) is 32.9 Å². The number of nitrogens with zero attached hydrogens (tertiary/aromatic N) is 1. The fourth-order valence-electron chi connectivity index (χ4n) is 1.82. The van der Waals surface area contributed by atoms with Gasteiger partial charge in [-0.3, -0.25) is 4.79 Å². The van der Waals surface area contributed by atoms with Crippen molar-refractivity contribution in [3.8, 4) is 0 Å². The molecule has 3 nitrogen and oxygen atoms in total. The van der Waals surface area contributed by atoms with E-state index in [1.165, 1.54) is 0 Å². The third-order valence-corrected chi connectivity index (χ3v) is 4.23. The van der Waals surface area contributed by atoms with Crippen LogP contribution in [0.4, 0.5) is 0 Å². The van der Waals surface area contributed by atoms with E-state index in [0.717, 1.165) is 14.7 Å². The SMILES string of the molecule is Cc1c(I)cccc1C(=O)N(C)CC(C)(C)CN. The Hall–Kier alpha value is -0.620. The molecule has 0 heterocycles. The number of carbonyl (C=O) groups is 1. The summed E-state index contributed by atoms with van der Waals surface area (Å²) in [6, 6.07) is 5.81. The average molecular weight is 360 g/mol. The molecule has 100 valence electrons. The second-order valence-corrected chi connectivity index (χ2v) is 6.60. The Balaban J connectivity index is 2.91. The van der Waals surface area contributed by atoms with Gasteiger partial charge in [0.05, 0.1) is 0 Å². The minimum Gasteiger partial charge on any atom is -0.341 e. The number of amides is 1. The van der Waals surface area contributed by atoms with Crippen LogP contribution in [0.1, 0.15) is 29.8 Å². The monoisotopic (exact) mass is 360 g/mol. The van der Waals surface area contributed by atoms with Crippen LogP contribution in [-0.4, -0.2) is 30.9 Å². The molecule has 2 N–H and O–H groups in total. The summed E-state index contributed by atoms with van der Waals surface area (Å²) in [4.78, 5) is 14.1. The van der Waals surface area contributed by atoms with Gasteiger partial charge in [0, 0.05) is 22.7 Å². The molecule has 0 aliphatic heterocycles. The Labute approximate surface area is 123 Å². The van der Waals surface area contributed by atoms with E-state index in [2.05, 4.69) is 36.4 Å². The van der Waals surface area contributed by atoms with Crippen LogP contribution in [0, 0.1) is 15.9 Å². The molecule has 0 bridgehead atoms. The highest BCUT2D eigenvalue weighted by Gasteiger charge is 2.22. The average Bonchev–Trinajstić information content (AvgIpc) is 2.31. The van der Waals surface area contributed by atoms with Crippen molar-refractivity contribution >= 4 is 28.5 Å². The number of nitrogens with two attached hydrogens (primary N) is 1. The van der Waals surface area contributed by atoms with Crippen molar-refractivity contribution < 1.29 is 4.79 Å². The maximum Gasteiger partial charge on any atom is 0.253 e. The molecule has 1 aromatic rings. The largest absolute Gasteiger partial charge is 0.341 e. The summed E-state index contributed by atoms with van der Waals surface area (Å²) in [5.41, 5.74) is 7.47. The first-order valence-electron chi connectivity index (χ1n) is 5.99. The van der Waals surface area contributed by atoms with Crippen molar-refractivity contribution in [2.24, 2.45) is 11.1 Å². The zero-order valence-electron chi connectivity index (χ0n) is 11.5. The number of hydrogen-bond acceptors (Lipinski definition) is 2. The third-order valence-electron chi connectivity index (χ3n) is 3.06. The molecule has 0 atom stereocenters. The molecule has 0 saturated heterocycles. The van der Waals surface area contributed by atoms with Crippen LogP contribution in [0.15, 0.2) is 18.2 Å². The summed E-state index contributed by atoms with van der Waals surface area (Å²) in [7, 11) is 1.83. The van der Waals surface area contributed by atoms with E-state index in [1.54, 1.807) is 4.90 Å². The molecular weight excluding hydrogens is 339 g/mol. The Kier molecular flexibility index (Phi) is 5.16. The molecule has 0 radical (unpaired) electrons. The summed E-state index contributed by atoms with van der Waals surface area (Å²) in [6.45, 7) is 7.34. The van der Waals surface area contributed by atoms with Gasteiger partial charge in [0.25, 0.3) is 5.91 Å². The maximum absolute atomic E-state index is 12.4. The fraction of sp³-hybridized carbons (Fsp3) is 0.500. The summed E-state index contributed by atoms with van der Waals surface area (Å²) in [5.74, 6) is 0.0625. The highest BCUT2D eigenvalue weighted by molar-refractivity contribution is 14.1. The number of hydrogen-bond donors (Lipinski definition) is 1. The van der Waals surface area contributed by atoms with Crippen LogP contribution in [-0.2, 0) is 0 Å². The second-order valence-electron chi connectivity index (χ2n) is 5.44. The zero-order chi connectivity index (χ0) is 13.9. The molecule has 1 rings (SSSR count). The molecule has 1 aromatic carbocycles. The van der Waals surface area contributed by atoms with Gasteiger partial charge in [0.15, 0.2) is 0 Å². The topological polar surface area (TPSA) is 46.3 Å². The van der Waals surface area contributed by atoms with E-state index in [0.29, 0.717) is 13.1 Å². The predicted octanol–water partition coefficient (Wildman–Crippen LogP) is 2.66. The molecule has 0 aliphatic rings. The molecule has 0 fully saturated rings. The van der Waals surface area contributed by atoms with E-state index >= 15 is 0 Å². The molecule has 18 heavy (non-hydrogen) atoms. The summed E-state index contributed by atoms with van der Waals surface area (Å²) in [6.07, 6.45) is 0. The van der Waals surface area contributed by atoms with Crippen LogP contribution in [0.25, 0.3) is 0 Å². The lowest BCUT2D eigenvalue weighted by Gasteiger charge is -2.29. The molecule has 1 amide bonds.